The molecule has 0 bridgehead atoms. The Kier molecular flexibility index (Phi) is 5.37. The van der Waals surface area contributed by atoms with Crippen molar-refractivity contribution < 1.29 is 9.18 Å². The van der Waals surface area contributed by atoms with Crippen LogP contribution in [0.15, 0.2) is 97.0 Å². The first-order valence-corrected chi connectivity index (χ1v) is 11.8. The molecular weight excluding hydrogens is 453 g/mol. The Bertz CT molecular complexity index is 1700. The fourth-order valence-electron chi connectivity index (χ4n) is 5.01. The van der Waals surface area contributed by atoms with E-state index < -0.39 is 18.6 Å². The third kappa shape index (κ3) is 3.56. The number of dihydropyridines is 1. The van der Waals surface area contributed by atoms with Gasteiger partial charge in [0.2, 0.25) is 5.91 Å². The molecular formula is C29H24FN5O. The van der Waals surface area contributed by atoms with Crippen molar-refractivity contribution in [2.75, 3.05) is 13.2 Å². The summed E-state index contributed by atoms with van der Waals surface area (Å²) < 4.78 is 15.1. The number of nitrogens with one attached hydrogen (secondary N) is 2. The highest BCUT2D eigenvalue weighted by Crippen LogP contribution is 2.39. The molecule has 7 heteroatoms. The van der Waals surface area contributed by atoms with E-state index in [9.17, 15) is 9.18 Å². The van der Waals surface area contributed by atoms with E-state index in [-0.39, 0.29) is 6.54 Å². The highest BCUT2D eigenvalue weighted by Gasteiger charge is 2.25. The molecule has 0 aliphatic carbocycles. The van der Waals surface area contributed by atoms with Crippen LogP contribution in [0, 0.1) is 0 Å². The second kappa shape index (κ2) is 8.85. The molecule has 1 unspecified atom stereocenters. The van der Waals surface area contributed by atoms with Crippen LogP contribution in [-0.2, 0) is 4.79 Å². The lowest BCUT2D eigenvalue weighted by Crippen LogP contribution is -2.46. The zero-order chi connectivity index (χ0) is 24.6. The van der Waals surface area contributed by atoms with Crippen molar-refractivity contribution in [2.24, 2.45) is 5.73 Å². The number of hydrogen-bond acceptors (Lipinski definition) is 4. The number of benzene rings is 3. The van der Waals surface area contributed by atoms with Gasteiger partial charge in [0.1, 0.15) is 12.7 Å². The number of allylic oxidation sites excluding steroid dienone is 2. The molecule has 0 saturated carbocycles. The highest BCUT2D eigenvalue weighted by molar-refractivity contribution is 6.16. The summed E-state index contributed by atoms with van der Waals surface area (Å²) in [6.45, 7) is -0.461. The zero-order valence-corrected chi connectivity index (χ0v) is 19.4. The predicted octanol–water partition coefficient (Wildman–Crippen LogP) is 4.71. The van der Waals surface area contributed by atoms with E-state index in [1.807, 2.05) is 48.7 Å². The predicted molar refractivity (Wildman–Crippen MR) is 143 cm³/mol. The number of carbonyl (C=O) groups excluding carboxylic acids is 1. The molecule has 0 spiro atoms. The smallest absolute Gasteiger partial charge is 0.246 e. The number of pyridine rings is 1. The quantitative estimate of drug-likeness (QED) is 0.331. The number of nitrogens with zero attached hydrogens (tertiary/aromatic N) is 2. The maximum Gasteiger partial charge on any atom is 0.246 e. The summed E-state index contributed by atoms with van der Waals surface area (Å²) in [6.07, 6.45) is 5.56. The van der Waals surface area contributed by atoms with E-state index >= 15 is 0 Å². The van der Waals surface area contributed by atoms with Gasteiger partial charge in [-0.05, 0) is 35.9 Å². The number of alkyl halides is 1. The molecule has 6 nitrogen and oxygen atoms in total. The summed E-state index contributed by atoms with van der Waals surface area (Å²) in [5.41, 5.74) is 12.0. The molecule has 1 aliphatic rings. The van der Waals surface area contributed by atoms with Gasteiger partial charge in [-0.15, -0.1) is 0 Å². The molecule has 0 radical (unpaired) electrons. The Hall–Kier alpha value is -4.65. The molecule has 1 atom stereocenters. The normalized spacial score (nSPS) is 15.5. The second-order valence-corrected chi connectivity index (χ2v) is 8.76. The Labute approximate surface area is 206 Å². The Morgan fingerprint density at radius 2 is 1.86 bits per heavy atom. The lowest BCUT2D eigenvalue weighted by atomic mass is 9.99. The number of amides is 1. The van der Waals surface area contributed by atoms with Gasteiger partial charge in [-0.3, -0.25) is 9.78 Å². The van der Waals surface area contributed by atoms with Gasteiger partial charge in [0.05, 0.1) is 22.2 Å². The molecule has 178 valence electrons. The molecule has 3 aromatic carbocycles. The number of carbonyl (C=O) groups is 1. The fourth-order valence-corrected chi connectivity index (χ4v) is 5.01. The number of para-hydroxylation sites is 2. The summed E-state index contributed by atoms with van der Waals surface area (Å²) >= 11 is 0. The minimum atomic E-state index is -0.743. The van der Waals surface area contributed by atoms with E-state index in [0.29, 0.717) is 5.70 Å². The van der Waals surface area contributed by atoms with Gasteiger partial charge in [0.15, 0.2) is 0 Å². The number of aromatic nitrogens is 2. The molecule has 6 rings (SSSR count). The summed E-state index contributed by atoms with van der Waals surface area (Å²) in [4.78, 5) is 16.7. The SMILES string of the molecule is NC(=O)C1NC=C(n2c3ccccc3c3c(-c4cnc5ccccc5c4)cccc32)C=C1NCCF. The first-order chi connectivity index (χ1) is 17.7. The Balaban J connectivity index is 1.58. The van der Waals surface area contributed by atoms with Crippen molar-refractivity contribution in [3.63, 3.8) is 0 Å². The third-order valence-electron chi connectivity index (χ3n) is 6.58. The van der Waals surface area contributed by atoms with Gasteiger partial charge >= 0.3 is 0 Å². The van der Waals surface area contributed by atoms with Gasteiger partial charge < -0.3 is 20.9 Å². The lowest BCUT2D eigenvalue weighted by Gasteiger charge is -2.25. The van der Waals surface area contributed by atoms with Crippen LogP contribution in [0.4, 0.5) is 4.39 Å². The van der Waals surface area contributed by atoms with Gasteiger partial charge in [-0.2, -0.15) is 0 Å². The van der Waals surface area contributed by atoms with Crippen molar-refractivity contribution >= 4 is 44.3 Å². The Morgan fingerprint density at radius 3 is 2.72 bits per heavy atom. The highest BCUT2D eigenvalue weighted by atomic mass is 19.1. The second-order valence-electron chi connectivity index (χ2n) is 8.76. The molecule has 36 heavy (non-hydrogen) atoms. The largest absolute Gasteiger partial charge is 0.384 e. The average molecular weight is 478 g/mol. The van der Waals surface area contributed by atoms with Crippen LogP contribution in [0.5, 0.6) is 0 Å². The van der Waals surface area contributed by atoms with E-state index in [1.165, 1.54) is 0 Å². The van der Waals surface area contributed by atoms with E-state index in [2.05, 4.69) is 56.6 Å². The summed E-state index contributed by atoms with van der Waals surface area (Å²) in [5, 5.41) is 9.38. The number of fused-ring (bicyclic) bond motifs is 4. The number of halogens is 1. The first-order valence-electron chi connectivity index (χ1n) is 11.8. The van der Waals surface area contributed by atoms with Crippen molar-refractivity contribution in [3.8, 4) is 11.1 Å². The van der Waals surface area contributed by atoms with Gasteiger partial charge in [-0.25, -0.2) is 4.39 Å². The third-order valence-corrected chi connectivity index (χ3v) is 6.58. The number of primary amides is 1. The van der Waals surface area contributed by atoms with Crippen molar-refractivity contribution in [3.05, 3.63) is 97.0 Å². The van der Waals surface area contributed by atoms with Crippen molar-refractivity contribution in [1.82, 2.24) is 20.2 Å². The minimum Gasteiger partial charge on any atom is -0.384 e. The topological polar surface area (TPSA) is 85.0 Å². The zero-order valence-electron chi connectivity index (χ0n) is 19.4. The fraction of sp³-hybridized carbons (Fsp3) is 0.103. The van der Waals surface area contributed by atoms with E-state index in [1.54, 1.807) is 6.20 Å². The van der Waals surface area contributed by atoms with Crippen LogP contribution in [0.1, 0.15) is 0 Å². The molecule has 0 saturated heterocycles. The van der Waals surface area contributed by atoms with Crippen molar-refractivity contribution in [1.29, 1.82) is 0 Å². The monoisotopic (exact) mass is 477 g/mol. The maximum atomic E-state index is 12.9. The van der Waals surface area contributed by atoms with Crippen LogP contribution in [0.25, 0.3) is 49.5 Å². The summed E-state index contributed by atoms with van der Waals surface area (Å²) in [5.74, 6) is -0.531. The first kappa shape index (κ1) is 21.9. The maximum absolute atomic E-state index is 12.9. The molecule has 3 heterocycles. The van der Waals surface area contributed by atoms with Gasteiger partial charge in [0, 0.05) is 46.4 Å². The van der Waals surface area contributed by atoms with E-state index in [0.717, 1.165) is 49.5 Å². The molecule has 1 amide bonds. The van der Waals surface area contributed by atoms with E-state index in [4.69, 9.17) is 5.73 Å². The van der Waals surface area contributed by atoms with Crippen LogP contribution in [0.2, 0.25) is 0 Å². The van der Waals surface area contributed by atoms with Crippen LogP contribution < -0.4 is 16.4 Å². The molecule has 0 fully saturated rings. The number of hydrogen-bond donors (Lipinski definition) is 3. The van der Waals surface area contributed by atoms with Crippen LogP contribution in [0.3, 0.4) is 0 Å². The molecule has 4 N–H and O–H groups in total. The van der Waals surface area contributed by atoms with Crippen molar-refractivity contribution in [2.45, 2.75) is 6.04 Å². The average Bonchev–Trinajstić information content (AvgIpc) is 3.26. The van der Waals surface area contributed by atoms with Crippen LogP contribution in [-0.4, -0.2) is 34.7 Å². The number of rotatable bonds is 6. The molecule has 5 aromatic rings. The molecule has 1 aliphatic heterocycles. The lowest BCUT2D eigenvalue weighted by molar-refractivity contribution is -0.119. The van der Waals surface area contributed by atoms with Gasteiger partial charge in [-0.1, -0.05) is 48.5 Å². The summed E-state index contributed by atoms with van der Waals surface area (Å²) in [6, 6.07) is 24.0. The minimum absolute atomic E-state index is 0.0941. The number of nitrogens with two attached hydrogens (primary N) is 1. The standard InChI is InChI=1S/C29H24FN5O/c30-12-13-32-24-15-20(17-34-28(24)29(31)36)35-25-10-4-2-7-22(25)27-21(8-5-11-26(27)35)19-14-18-6-1-3-9-23(18)33-16-19/h1-11,14-17,28,32,34H,12-13H2,(H2,31,36). The Morgan fingerprint density at radius 1 is 1.06 bits per heavy atom. The van der Waals surface area contributed by atoms with Gasteiger partial charge in [0.25, 0.3) is 0 Å². The summed E-state index contributed by atoms with van der Waals surface area (Å²) in [7, 11) is 0. The molecule has 2 aromatic heterocycles. The van der Waals surface area contributed by atoms with Crippen LogP contribution >= 0.6 is 0 Å².